The van der Waals surface area contributed by atoms with Gasteiger partial charge in [-0.15, -0.1) is 0 Å². The molecule has 0 atom stereocenters. The molecule has 3 nitrogen and oxygen atoms in total. The topological polar surface area (TPSA) is 40.5 Å². The Kier molecular flexibility index (Phi) is 2.54. The number of carboxylic acid groups (broad SMARTS) is 1. The zero-order valence-electron chi connectivity index (χ0n) is 7.91. The van der Waals surface area contributed by atoms with Gasteiger partial charge in [0, 0.05) is 12.6 Å². The van der Waals surface area contributed by atoms with Crippen LogP contribution in [0.25, 0.3) is 0 Å². The van der Waals surface area contributed by atoms with Gasteiger partial charge in [-0.1, -0.05) is 6.42 Å². The standard InChI is InChI=1S/C10H17NO2/c12-10(13)7-11(9-4-5-9)6-8-2-1-3-8/h8-9H,1-7H2,(H,12,13). The van der Waals surface area contributed by atoms with Crippen LogP contribution in [0.3, 0.4) is 0 Å². The average Bonchev–Trinajstić information content (AvgIpc) is 2.74. The molecular formula is C10H17NO2. The molecule has 0 unspecified atom stereocenters. The third-order valence-corrected chi connectivity index (χ3v) is 3.12. The highest BCUT2D eigenvalue weighted by Gasteiger charge is 2.32. The first-order valence-corrected chi connectivity index (χ1v) is 5.21. The largest absolute Gasteiger partial charge is 0.480 e. The quantitative estimate of drug-likeness (QED) is 0.699. The number of hydrogen-bond donors (Lipinski definition) is 1. The van der Waals surface area contributed by atoms with Crippen molar-refractivity contribution in [3.8, 4) is 0 Å². The van der Waals surface area contributed by atoms with Crippen LogP contribution in [0.1, 0.15) is 32.1 Å². The number of carbonyl (C=O) groups is 1. The lowest BCUT2D eigenvalue weighted by Gasteiger charge is -2.31. The smallest absolute Gasteiger partial charge is 0.317 e. The highest BCUT2D eigenvalue weighted by molar-refractivity contribution is 5.69. The molecule has 0 aromatic carbocycles. The second kappa shape index (κ2) is 3.66. The van der Waals surface area contributed by atoms with Gasteiger partial charge in [-0.2, -0.15) is 0 Å². The van der Waals surface area contributed by atoms with E-state index in [1.807, 2.05) is 0 Å². The molecule has 0 aromatic heterocycles. The molecular weight excluding hydrogens is 166 g/mol. The molecule has 0 bridgehead atoms. The van der Waals surface area contributed by atoms with Gasteiger partial charge in [0.25, 0.3) is 0 Å². The number of carboxylic acids is 1. The van der Waals surface area contributed by atoms with Crippen LogP contribution in [0.4, 0.5) is 0 Å². The number of rotatable bonds is 5. The van der Waals surface area contributed by atoms with Crippen molar-refractivity contribution in [2.24, 2.45) is 5.92 Å². The molecule has 0 radical (unpaired) electrons. The first kappa shape index (κ1) is 9.00. The molecule has 0 spiro atoms. The van der Waals surface area contributed by atoms with Gasteiger partial charge >= 0.3 is 5.97 Å². The summed E-state index contributed by atoms with van der Waals surface area (Å²) in [5.74, 6) is 0.117. The van der Waals surface area contributed by atoms with Crippen molar-refractivity contribution in [1.82, 2.24) is 4.90 Å². The van der Waals surface area contributed by atoms with Crippen molar-refractivity contribution >= 4 is 5.97 Å². The van der Waals surface area contributed by atoms with Crippen molar-refractivity contribution in [3.05, 3.63) is 0 Å². The van der Waals surface area contributed by atoms with Crippen molar-refractivity contribution < 1.29 is 9.90 Å². The van der Waals surface area contributed by atoms with Gasteiger partial charge in [-0.25, -0.2) is 0 Å². The van der Waals surface area contributed by atoms with E-state index in [9.17, 15) is 4.79 Å². The predicted octanol–water partition coefficient (Wildman–Crippen LogP) is 1.34. The molecule has 2 fully saturated rings. The fourth-order valence-electron chi connectivity index (χ4n) is 1.96. The minimum Gasteiger partial charge on any atom is -0.480 e. The molecule has 2 saturated carbocycles. The molecule has 0 aliphatic heterocycles. The van der Waals surface area contributed by atoms with Gasteiger partial charge in [0.05, 0.1) is 6.54 Å². The fourth-order valence-corrected chi connectivity index (χ4v) is 1.96. The van der Waals surface area contributed by atoms with Gasteiger partial charge in [0.15, 0.2) is 0 Å². The summed E-state index contributed by atoms with van der Waals surface area (Å²) < 4.78 is 0. The van der Waals surface area contributed by atoms with Crippen molar-refractivity contribution in [3.63, 3.8) is 0 Å². The minimum absolute atomic E-state index is 0.251. The SMILES string of the molecule is O=C(O)CN(CC1CCC1)C1CC1. The summed E-state index contributed by atoms with van der Waals surface area (Å²) in [5, 5.41) is 8.72. The van der Waals surface area contributed by atoms with Gasteiger partial charge in [-0.3, -0.25) is 9.69 Å². The maximum Gasteiger partial charge on any atom is 0.317 e. The maximum absolute atomic E-state index is 10.6. The van der Waals surface area contributed by atoms with Crippen LogP contribution in [-0.2, 0) is 4.79 Å². The third-order valence-electron chi connectivity index (χ3n) is 3.12. The first-order valence-electron chi connectivity index (χ1n) is 5.21. The fraction of sp³-hybridized carbons (Fsp3) is 0.900. The number of aliphatic carboxylic acids is 1. The van der Waals surface area contributed by atoms with Crippen LogP contribution >= 0.6 is 0 Å². The van der Waals surface area contributed by atoms with E-state index in [1.165, 1.54) is 32.1 Å². The van der Waals surface area contributed by atoms with Crippen molar-refractivity contribution in [2.45, 2.75) is 38.1 Å². The van der Waals surface area contributed by atoms with E-state index in [4.69, 9.17) is 5.11 Å². The Morgan fingerprint density at radius 1 is 1.31 bits per heavy atom. The zero-order chi connectivity index (χ0) is 9.26. The summed E-state index contributed by atoms with van der Waals surface area (Å²) in [6, 6.07) is 0.594. The first-order chi connectivity index (χ1) is 6.25. The second-order valence-corrected chi connectivity index (χ2v) is 4.35. The normalized spacial score (nSPS) is 23.2. The van der Waals surface area contributed by atoms with E-state index >= 15 is 0 Å². The molecule has 1 N–H and O–H groups in total. The highest BCUT2D eigenvalue weighted by Crippen LogP contribution is 2.32. The molecule has 3 heteroatoms. The van der Waals surface area contributed by atoms with Gasteiger partial charge in [0.1, 0.15) is 0 Å². The Labute approximate surface area is 78.7 Å². The van der Waals surface area contributed by atoms with E-state index < -0.39 is 5.97 Å². The lowest BCUT2D eigenvalue weighted by molar-refractivity contribution is -0.138. The zero-order valence-corrected chi connectivity index (χ0v) is 7.91. The van der Waals surface area contributed by atoms with E-state index in [-0.39, 0.29) is 6.54 Å². The van der Waals surface area contributed by atoms with Crippen LogP contribution in [0, 0.1) is 5.92 Å². The summed E-state index contributed by atoms with van der Waals surface area (Å²) in [7, 11) is 0. The van der Waals surface area contributed by atoms with E-state index in [0.29, 0.717) is 6.04 Å². The molecule has 2 aliphatic rings. The third kappa shape index (κ3) is 2.44. The van der Waals surface area contributed by atoms with E-state index in [1.54, 1.807) is 0 Å². The van der Waals surface area contributed by atoms with Crippen molar-refractivity contribution in [1.29, 1.82) is 0 Å². The average molecular weight is 183 g/mol. The maximum atomic E-state index is 10.6. The number of hydrogen-bond acceptors (Lipinski definition) is 2. The Bertz CT molecular complexity index is 197. The predicted molar refractivity (Wildman–Crippen MR) is 49.6 cm³/mol. The van der Waals surface area contributed by atoms with Gasteiger partial charge < -0.3 is 5.11 Å². The molecule has 74 valence electrons. The Balaban J connectivity index is 1.77. The summed E-state index contributed by atoms with van der Waals surface area (Å²) in [6.07, 6.45) is 6.38. The van der Waals surface area contributed by atoms with Crippen LogP contribution in [-0.4, -0.2) is 35.1 Å². The summed E-state index contributed by atoms with van der Waals surface area (Å²) in [5.41, 5.74) is 0. The molecule has 0 aromatic rings. The van der Waals surface area contributed by atoms with Crippen LogP contribution in [0.5, 0.6) is 0 Å². The van der Waals surface area contributed by atoms with E-state index in [2.05, 4.69) is 4.90 Å². The van der Waals surface area contributed by atoms with Crippen LogP contribution < -0.4 is 0 Å². The van der Waals surface area contributed by atoms with Crippen LogP contribution in [0.15, 0.2) is 0 Å². The van der Waals surface area contributed by atoms with Crippen molar-refractivity contribution in [2.75, 3.05) is 13.1 Å². The van der Waals surface area contributed by atoms with Gasteiger partial charge in [0.2, 0.25) is 0 Å². The molecule has 0 saturated heterocycles. The van der Waals surface area contributed by atoms with Gasteiger partial charge in [-0.05, 0) is 31.6 Å². The molecule has 13 heavy (non-hydrogen) atoms. The van der Waals surface area contributed by atoms with Crippen LogP contribution in [0.2, 0.25) is 0 Å². The Morgan fingerprint density at radius 3 is 2.38 bits per heavy atom. The number of nitrogens with zero attached hydrogens (tertiary/aromatic N) is 1. The summed E-state index contributed by atoms with van der Waals surface area (Å²) in [4.78, 5) is 12.7. The monoisotopic (exact) mass is 183 g/mol. The minimum atomic E-state index is -0.675. The molecule has 2 rings (SSSR count). The Hall–Kier alpha value is -0.570. The second-order valence-electron chi connectivity index (χ2n) is 4.35. The lowest BCUT2D eigenvalue weighted by Crippen LogP contribution is -2.37. The molecule has 0 heterocycles. The Morgan fingerprint density at radius 2 is 2.00 bits per heavy atom. The summed E-state index contributed by atoms with van der Waals surface area (Å²) in [6.45, 7) is 1.28. The molecule has 0 amide bonds. The van der Waals surface area contributed by atoms with E-state index in [0.717, 1.165) is 12.5 Å². The molecule has 2 aliphatic carbocycles. The summed E-state index contributed by atoms with van der Waals surface area (Å²) >= 11 is 0. The lowest BCUT2D eigenvalue weighted by atomic mass is 9.85. The highest BCUT2D eigenvalue weighted by atomic mass is 16.4.